The Labute approximate surface area is 440 Å². The summed E-state index contributed by atoms with van der Waals surface area (Å²) in [4.78, 5) is 13.1. The molecule has 1 rings (SSSR count). The average Bonchev–Trinajstić information content (AvgIpc) is 3.38. The summed E-state index contributed by atoms with van der Waals surface area (Å²) in [6, 6.07) is -0.732. The zero-order chi connectivity index (χ0) is 52.2. The van der Waals surface area contributed by atoms with Gasteiger partial charge in [-0.2, -0.15) is 0 Å². The summed E-state index contributed by atoms with van der Waals surface area (Å²) in [5.41, 5.74) is 0. The van der Waals surface area contributed by atoms with Crippen LogP contribution in [0.3, 0.4) is 0 Å². The van der Waals surface area contributed by atoms with Crippen molar-refractivity contribution in [3.8, 4) is 0 Å². The van der Waals surface area contributed by atoms with Crippen LogP contribution in [0.25, 0.3) is 0 Å². The number of unbranched alkanes of at least 4 members (excludes halogenated alkanes) is 20. The van der Waals surface area contributed by atoms with E-state index in [1.54, 1.807) is 0 Å². The molecule has 9 nitrogen and oxygen atoms in total. The summed E-state index contributed by atoms with van der Waals surface area (Å²) in [7, 11) is 0. The molecule has 0 aromatic carbocycles. The second kappa shape index (κ2) is 51.3. The maximum atomic E-state index is 13.1. The van der Waals surface area contributed by atoms with Crippen LogP contribution < -0.4 is 5.32 Å². The molecule has 0 saturated carbocycles. The predicted molar refractivity (Wildman–Crippen MR) is 304 cm³/mol. The summed E-state index contributed by atoms with van der Waals surface area (Å²) in [6.45, 7) is 3.71. The Bertz CT molecular complexity index is 1490. The lowest BCUT2D eigenvalue weighted by atomic mass is 9.99. The van der Waals surface area contributed by atoms with E-state index in [9.17, 15) is 30.3 Å². The second-order valence-electron chi connectivity index (χ2n) is 19.7. The van der Waals surface area contributed by atoms with Gasteiger partial charge in [0.2, 0.25) is 5.91 Å². The topological polar surface area (TPSA) is 149 Å². The van der Waals surface area contributed by atoms with Crippen molar-refractivity contribution >= 4 is 5.91 Å². The van der Waals surface area contributed by atoms with E-state index >= 15 is 0 Å². The first kappa shape index (κ1) is 66.9. The first-order valence-electron chi connectivity index (χ1n) is 29.1. The van der Waals surface area contributed by atoms with Crippen molar-refractivity contribution in [2.24, 2.45) is 0 Å². The summed E-state index contributed by atoms with van der Waals surface area (Å²) >= 11 is 0. The van der Waals surface area contributed by atoms with E-state index < -0.39 is 49.5 Å². The van der Waals surface area contributed by atoms with E-state index in [4.69, 9.17) is 9.47 Å². The Morgan fingerprint density at radius 3 is 1.28 bits per heavy atom. The molecule has 0 bridgehead atoms. The van der Waals surface area contributed by atoms with E-state index in [0.717, 1.165) is 109 Å². The van der Waals surface area contributed by atoms with Crippen LogP contribution in [0.15, 0.2) is 109 Å². The zero-order valence-corrected chi connectivity index (χ0v) is 45.6. The van der Waals surface area contributed by atoms with Crippen molar-refractivity contribution in [2.75, 3.05) is 13.2 Å². The van der Waals surface area contributed by atoms with Gasteiger partial charge in [0.05, 0.1) is 25.4 Å². The molecule has 0 aliphatic carbocycles. The minimum Gasteiger partial charge on any atom is -0.394 e. The van der Waals surface area contributed by atoms with Crippen LogP contribution in [-0.2, 0) is 14.3 Å². The molecule has 9 heteroatoms. The van der Waals surface area contributed by atoms with Gasteiger partial charge in [-0.25, -0.2) is 0 Å². The highest BCUT2D eigenvalue weighted by molar-refractivity contribution is 5.76. The summed E-state index contributed by atoms with van der Waals surface area (Å²) in [5.74, 6) is -0.160. The molecule has 412 valence electrons. The number of ether oxygens (including phenoxy) is 2. The van der Waals surface area contributed by atoms with Crippen LogP contribution >= 0.6 is 0 Å². The molecule has 1 fully saturated rings. The number of rotatable bonds is 48. The predicted octanol–water partition coefficient (Wildman–Crippen LogP) is 14.6. The number of nitrogens with one attached hydrogen (secondary N) is 1. The van der Waals surface area contributed by atoms with Gasteiger partial charge in [-0.1, -0.05) is 245 Å². The van der Waals surface area contributed by atoms with Gasteiger partial charge < -0.3 is 40.3 Å². The quantitative estimate of drug-likeness (QED) is 0.0261. The molecule has 0 spiro atoms. The van der Waals surface area contributed by atoms with Gasteiger partial charge >= 0.3 is 0 Å². The molecule has 7 atom stereocenters. The van der Waals surface area contributed by atoms with Crippen molar-refractivity contribution in [2.45, 2.75) is 269 Å². The molecule has 0 aromatic rings. The van der Waals surface area contributed by atoms with E-state index in [-0.39, 0.29) is 12.5 Å². The zero-order valence-electron chi connectivity index (χ0n) is 45.6. The van der Waals surface area contributed by atoms with Crippen LogP contribution in [0, 0.1) is 0 Å². The SMILES string of the molecule is CC/C=C\C/C=C\C/C=C\C/C=C\C/C=C\C/C=C\C/C=C\C/C=C\C/C=C\CCCCCCCCCC(=O)NC(COC1OC(CO)C(O)C(O)C1O)C(O)CCCCCCCCCCCCCCCC. The van der Waals surface area contributed by atoms with Gasteiger partial charge in [0, 0.05) is 6.42 Å². The molecule has 1 amide bonds. The highest BCUT2D eigenvalue weighted by atomic mass is 16.7. The Morgan fingerprint density at radius 1 is 0.486 bits per heavy atom. The number of carbonyl (C=O) groups excluding carboxylic acids is 1. The molecule has 1 aliphatic heterocycles. The highest BCUT2D eigenvalue weighted by Crippen LogP contribution is 2.23. The van der Waals surface area contributed by atoms with Gasteiger partial charge in [0.25, 0.3) is 0 Å². The Kier molecular flexibility index (Phi) is 47.7. The van der Waals surface area contributed by atoms with Gasteiger partial charge in [0.15, 0.2) is 6.29 Å². The average molecular weight is 1010 g/mol. The molecule has 72 heavy (non-hydrogen) atoms. The first-order valence-corrected chi connectivity index (χ1v) is 29.1. The minimum absolute atomic E-state index is 0.148. The van der Waals surface area contributed by atoms with Crippen LogP contribution in [0.5, 0.6) is 0 Å². The molecule has 0 aromatic heterocycles. The molecular formula is C63H107NO8. The van der Waals surface area contributed by atoms with Crippen molar-refractivity contribution in [1.82, 2.24) is 5.32 Å². The summed E-state index contributed by atoms with van der Waals surface area (Å²) in [6.07, 6.45) is 68.2. The maximum Gasteiger partial charge on any atom is 0.220 e. The lowest BCUT2D eigenvalue weighted by Crippen LogP contribution is -2.60. The van der Waals surface area contributed by atoms with E-state index in [2.05, 4.69) is 129 Å². The number of aliphatic hydroxyl groups is 5. The number of allylic oxidation sites excluding steroid dienone is 18. The van der Waals surface area contributed by atoms with E-state index in [1.807, 2.05) is 0 Å². The molecule has 1 saturated heterocycles. The van der Waals surface area contributed by atoms with Crippen LogP contribution in [-0.4, -0.2) is 87.5 Å². The van der Waals surface area contributed by atoms with Crippen molar-refractivity contribution in [3.63, 3.8) is 0 Å². The summed E-state index contributed by atoms with van der Waals surface area (Å²) in [5, 5.41) is 54.6. The Morgan fingerprint density at radius 2 is 0.861 bits per heavy atom. The fraction of sp³-hybridized carbons (Fsp3) is 0.698. The van der Waals surface area contributed by atoms with Crippen LogP contribution in [0.1, 0.15) is 226 Å². The third-order valence-corrected chi connectivity index (χ3v) is 13.1. The third kappa shape index (κ3) is 40.3. The molecule has 7 unspecified atom stereocenters. The normalized spacial score (nSPS) is 20.0. The van der Waals surface area contributed by atoms with Crippen molar-refractivity contribution in [1.29, 1.82) is 0 Å². The van der Waals surface area contributed by atoms with Crippen molar-refractivity contribution < 1.29 is 39.8 Å². The summed E-state index contributed by atoms with van der Waals surface area (Å²) < 4.78 is 11.3. The lowest BCUT2D eigenvalue weighted by Gasteiger charge is -2.40. The van der Waals surface area contributed by atoms with E-state index in [1.165, 1.54) is 89.9 Å². The van der Waals surface area contributed by atoms with Gasteiger partial charge in [-0.3, -0.25) is 4.79 Å². The number of hydrogen-bond acceptors (Lipinski definition) is 8. The highest BCUT2D eigenvalue weighted by Gasteiger charge is 2.44. The standard InChI is InChI=1S/C63H107NO8/c1-3-5-7-9-11-13-15-17-19-20-21-22-23-24-25-26-27-28-29-30-31-32-33-34-35-36-37-38-39-41-43-45-47-49-51-53-59(67)64-56(55-71-63-62(70)61(69)60(68)58(54-65)72-63)57(66)52-50-48-46-44-42-40-18-16-14-12-10-8-6-4-2/h5,7,11,13,17,19,21-22,24-25,27-28,30-31,33-34,36-37,56-58,60-63,65-66,68-70H,3-4,6,8-10,12,14-16,18,20,23,26,29,32,35,38-55H2,1-2H3,(H,64,67)/b7-5-,13-11-,19-17-,22-21-,25-24-,28-27-,31-30-,34-33-,37-36-. The van der Waals surface area contributed by atoms with Crippen molar-refractivity contribution in [3.05, 3.63) is 109 Å². The number of amides is 1. The third-order valence-electron chi connectivity index (χ3n) is 13.1. The maximum absolute atomic E-state index is 13.1. The number of hydrogen-bond donors (Lipinski definition) is 6. The fourth-order valence-corrected chi connectivity index (χ4v) is 8.56. The lowest BCUT2D eigenvalue weighted by molar-refractivity contribution is -0.302. The van der Waals surface area contributed by atoms with Crippen LogP contribution in [0.4, 0.5) is 0 Å². The second-order valence-corrected chi connectivity index (χ2v) is 19.7. The smallest absolute Gasteiger partial charge is 0.220 e. The molecular weight excluding hydrogens is 899 g/mol. The Balaban J connectivity index is 2.19. The van der Waals surface area contributed by atoms with Gasteiger partial charge in [-0.15, -0.1) is 0 Å². The molecule has 1 heterocycles. The molecule has 0 radical (unpaired) electrons. The first-order chi connectivity index (χ1) is 35.3. The fourth-order valence-electron chi connectivity index (χ4n) is 8.56. The molecule has 6 N–H and O–H groups in total. The minimum atomic E-state index is -1.56. The van der Waals surface area contributed by atoms with Gasteiger partial charge in [-0.05, 0) is 83.5 Å². The van der Waals surface area contributed by atoms with E-state index in [0.29, 0.717) is 12.8 Å². The largest absolute Gasteiger partial charge is 0.394 e. The number of aliphatic hydroxyl groups excluding tert-OH is 5. The monoisotopic (exact) mass is 1010 g/mol. The van der Waals surface area contributed by atoms with Gasteiger partial charge in [0.1, 0.15) is 24.4 Å². The Hall–Kier alpha value is -3.15. The number of carbonyl (C=O) groups is 1. The molecule has 1 aliphatic rings. The van der Waals surface area contributed by atoms with Crippen LogP contribution in [0.2, 0.25) is 0 Å².